The van der Waals surface area contributed by atoms with E-state index >= 15 is 0 Å². The first-order valence-corrected chi connectivity index (χ1v) is 6.35. The van der Waals surface area contributed by atoms with Gasteiger partial charge in [-0.25, -0.2) is 4.79 Å². The Morgan fingerprint density at radius 3 is 2.38 bits per heavy atom. The summed E-state index contributed by atoms with van der Waals surface area (Å²) in [5.74, 6) is -3.33. The molecular weight excluding hydrogens is 276 g/mol. The van der Waals surface area contributed by atoms with E-state index in [1.165, 1.54) is 17.0 Å². The van der Waals surface area contributed by atoms with E-state index in [1.54, 1.807) is 12.1 Å². The maximum atomic E-state index is 11.8. The van der Waals surface area contributed by atoms with Crippen LogP contribution in [0, 0.1) is 0 Å². The number of primary amides is 1. The van der Waals surface area contributed by atoms with E-state index in [0.29, 0.717) is 11.1 Å². The molecule has 110 valence electrons. The third kappa shape index (κ3) is 3.07. The number of likely N-dealkylation sites (tertiary alicyclic amines) is 1. The maximum Gasteiger partial charge on any atom is 0.374 e. The Kier molecular flexibility index (Phi) is 4.02. The van der Waals surface area contributed by atoms with Crippen molar-refractivity contribution in [2.24, 2.45) is 5.73 Å². The average molecular weight is 290 g/mol. The molecule has 0 saturated carbocycles. The number of aliphatic carboxylic acids is 1. The third-order valence-corrected chi connectivity index (χ3v) is 3.43. The molecule has 2 amide bonds. The van der Waals surface area contributed by atoms with Gasteiger partial charge in [0.15, 0.2) is 0 Å². The Morgan fingerprint density at radius 1 is 1.24 bits per heavy atom. The van der Waals surface area contributed by atoms with Crippen molar-refractivity contribution in [1.82, 2.24) is 4.90 Å². The Bertz CT molecular complexity index is 608. The number of carbonyl (C=O) groups is 4. The first kappa shape index (κ1) is 14.7. The summed E-state index contributed by atoms with van der Waals surface area (Å²) < 4.78 is 0. The Labute approximate surface area is 120 Å². The standard InChI is InChI=1S/C14H14N2O5/c15-13(19)9-3-1-8(2-4-9)7-16-10(5-6-11(16)17)12(18)14(20)21/h1-4,10H,5-7H2,(H2,15,19)(H,20,21). The van der Waals surface area contributed by atoms with Gasteiger partial charge in [0.25, 0.3) is 5.78 Å². The van der Waals surface area contributed by atoms with Crippen LogP contribution in [0.2, 0.25) is 0 Å². The largest absolute Gasteiger partial charge is 0.475 e. The van der Waals surface area contributed by atoms with Crippen molar-refractivity contribution in [1.29, 1.82) is 0 Å². The summed E-state index contributed by atoms with van der Waals surface area (Å²) in [6, 6.07) is 5.35. The molecule has 0 bridgehead atoms. The van der Waals surface area contributed by atoms with Gasteiger partial charge in [-0.15, -0.1) is 0 Å². The lowest BCUT2D eigenvalue weighted by molar-refractivity contribution is -0.152. The molecule has 0 radical (unpaired) electrons. The monoisotopic (exact) mass is 290 g/mol. The number of benzene rings is 1. The molecule has 1 aliphatic rings. The number of rotatable bonds is 5. The zero-order valence-corrected chi connectivity index (χ0v) is 11.1. The van der Waals surface area contributed by atoms with Crippen molar-refractivity contribution in [3.63, 3.8) is 0 Å². The number of hydrogen-bond donors (Lipinski definition) is 2. The summed E-state index contributed by atoms with van der Waals surface area (Å²) in [6.07, 6.45) is 0.367. The average Bonchev–Trinajstić information content (AvgIpc) is 2.80. The fourth-order valence-electron chi connectivity index (χ4n) is 2.32. The van der Waals surface area contributed by atoms with Gasteiger partial charge < -0.3 is 15.7 Å². The quantitative estimate of drug-likeness (QED) is 0.736. The molecule has 1 saturated heterocycles. The first-order valence-electron chi connectivity index (χ1n) is 6.35. The highest BCUT2D eigenvalue weighted by Gasteiger charge is 2.38. The van der Waals surface area contributed by atoms with Crippen LogP contribution in [0.5, 0.6) is 0 Å². The van der Waals surface area contributed by atoms with E-state index in [-0.39, 0.29) is 25.3 Å². The van der Waals surface area contributed by atoms with E-state index in [2.05, 4.69) is 0 Å². The van der Waals surface area contributed by atoms with Gasteiger partial charge in [0.1, 0.15) is 6.04 Å². The predicted octanol–water partition coefficient (Wildman–Crippen LogP) is -0.0698. The minimum Gasteiger partial charge on any atom is -0.475 e. The second kappa shape index (κ2) is 5.74. The van der Waals surface area contributed by atoms with Crippen LogP contribution in [0.15, 0.2) is 24.3 Å². The lowest BCUT2D eigenvalue weighted by Crippen LogP contribution is -2.41. The smallest absolute Gasteiger partial charge is 0.374 e. The lowest BCUT2D eigenvalue weighted by atomic mass is 10.1. The second-order valence-corrected chi connectivity index (χ2v) is 4.81. The number of carboxylic acid groups (broad SMARTS) is 1. The number of amides is 2. The summed E-state index contributed by atoms with van der Waals surface area (Å²) in [4.78, 5) is 46.4. The van der Waals surface area contributed by atoms with Crippen LogP contribution >= 0.6 is 0 Å². The van der Waals surface area contributed by atoms with E-state index in [9.17, 15) is 19.2 Å². The van der Waals surface area contributed by atoms with Crippen LogP contribution in [0.1, 0.15) is 28.8 Å². The number of nitrogens with two attached hydrogens (primary N) is 1. The normalized spacial score (nSPS) is 17.8. The van der Waals surface area contributed by atoms with E-state index in [4.69, 9.17) is 10.8 Å². The molecule has 0 spiro atoms. The van der Waals surface area contributed by atoms with Gasteiger partial charge in [-0.1, -0.05) is 12.1 Å². The molecule has 1 aromatic rings. The lowest BCUT2D eigenvalue weighted by Gasteiger charge is -2.22. The highest BCUT2D eigenvalue weighted by atomic mass is 16.4. The number of carbonyl (C=O) groups excluding carboxylic acids is 3. The van der Waals surface area contributed by atoms with Gasteiger partial charge in [-0.05, 0) is 24.1 Å². The zero-order chi connectivity index (χ0) is 15.6. The molecular formula is C14H14N2O5. The van der Waals surface area contributed by atoms with Crippen LogP contribution in [0.4, 0.5) is 0 Å². The topological polar surface area (TPSA) is 118 Å². The van der Waals surface area contributed by atoms with Crippen molar-refractivity contribution in [2.45, 2.75) is 25.4 Å². The molecule has 1 fully saturated rings. The Hall–Kier alpha value is -2.70. The summed E-state index contributed by atoms with van der Waals surface area (Å²) in [5, 5.41) is 8.77. The minimum absolute atomic E-state index is 0.127. The number of Topliss-reactive ketones (excluding diaryl/α,β-unsaturated/α-hetero) is 1. The van der Waals surface area contributed by atoms with Crippen molar-refractivity contribution < 1.29 is 24.3 Å². The first-order chi connectivity index (χ1) is 9.90. The van der Waals surface area contributed by atoms with Gasteiger partial charge in [-0.2, -0.15) is 0 Å². The van der Waals surface area contributed by atoms with Crippen molar-refractivity contribution >= 4 is 23.6 Å². The van der Waals surface area contributed by atoms with Crippen LogP contribution in [0.3, 0.4) is 0 Å². The van der Waals surface area contributed by atoms with E-state index in [0.717, 1.165) is 0 Å². The fourth-order valence-corrected chi connectivity index (χ4v) is 2.32. The van der Waals surface area contributed by atoms with Crippen LogP contribution in [-0.4, -0.2) is 39.6 Å². The van der Waals surface area contributed by atoms with Gasteiger partial charge in [0.2, 0.25) is 11.8 Å². The van der Waals surface area contributed by atoms with Gasteiger partial charge in [-0.3, -0.25) is 14.4 Å². The van der Waals surface area contributed by atoms with Crippen molar-refractivity contribution in [3.8, 4) is 0 Å². The number of ketones is 1. The Balaban J connectivity index is 2.15. The highest BCUT2D eigenvalue weighted by Crippen LogP contribution is 2.22. The number of carboxylic acids is 1. The maximum absolute atomic E-state index is 11.8. The number of hydrogen-bond acceptors (Lipinski definition) is 4. The third-order valence-electron chi connectivity index (χ3n) is 3.43. The van der Waals surface area contributed by atoms with E-state index in [1.807, 2.05) is 0 Å². The molecule has 0 aromatic heterocycles. The summed E-state index contributed by atoms with van der Waals surface area (Å²) >= 11 is 0. The molecule has 3 N–H and O–H groups in total. The van der Waals surface area contributed by atoms with Crippen LogP contribution in [-0.2, 0) is 20.9 Å². The predicted molar refractivity (Wildman–Crippen MR) is 71.2 cm³/mol. The molecule has 1 unspecified atom stereocenters. The summed E-state index contributed by atoms with van der Waals surface area (Å²) in [5.41, 5.74) is 6.16. The highest BCUT2D eigenvalue weighted by molar-refractivity contribution is 6.35. The summed E-state index contributed by atoms with van der Waals surface area (Å²) in [6.45, 7) is 0.127. The van der Waals surface area contributed by atoms with Crippen molar-refractivity contribution in [3.05, 3.63) is 35.4 Å². The molecule has 1 aromatic carbocycles. The Morgan fingerprint density at radius 2 is 1.86 bits per heavy atom. The second-order valence-electron chi connectivity index (χ2n) is 4.81. The molecule has 21 heavy (non-hydrogen) atoms. The molecule has 7 heteroatoms. The fraction of sp³-hybridized carbons (Fsp3) is 0.286. The van der Waals surface area contributed by atoms with Gasteiger partial charge >= 0.3 is 5.97 Å². The van der Waals surface area contributed by atoms with Crippen LogP contribution < -0.4 is 5.73 Å². The molecule has 1 aliphatic heterocycles. The molecule has 1 atom stereocenters. The number of nitrogens with zero attached hydrogens (tertiary/aromatic N) is 1. The van der Waals surface area contributed by atoms with Gasteiger partial charge in [0, 0.05) is 18.5 Å². The zero-order valence-electron chi connectivity index (χ0n) is 11.1. The SMILES string of the molecule is NC(=O)c1ccc(CN2C(=O)CCC2C(=O)C(=O)O)cc1. The molecule has 0 aliphatic carbocycles. The minimum atomic E-state index is -1.54. The van der Waals surface area contributed by atoms with Gasteiger partial charge in [0.05, 0.1) is 0 Å². The van der Waals surface area contributed by atoms with Crippen molar-refractivity contribution in [2.75, 3.05) is 0 Å². The molecule has 1 heterocycles. The van der Waals surface area contributed by atoms with Crippen LogP contribution in [0.25, 0.3) is 0 Å². The summed E-state index contributed by atoms with van der Waals surface area (Å²) in [7, 11) is 0. The molecule has 7 nitrogen and oxygen atoms in total. The van der Waals surface area contributed by atoms with E-state index < -0.39 is 23.7 Å². The molecule has 2 rings (SSSR count).